The molecule has 1 nitrogen and oxygen atoms in total. The molecule has 4 heteroatoms. The fourth-order valence-corrected chi connectivity index (χ4v) is 11.8. The summed E-state index contributed by atoms with van der Waals surface area (Å²) in [6, 6.07) is 0. The molecular formula is C10H22INSi2. The van der Waals surface area contributed by atoms with E-state index in [1.165, 1.54) is 6.54 Å². The number of hydrogen-bond acceptors (Lipinski definition) is 1. The lowest BCUT2D eigenvalue weighted by molar-refractivity contribution is 0.625. The smallest absolute Gasteiger partial charge is 0.112 e. The van der Waals surface area contributed by atoms with Crippen LogP contribution in [0.1, 0.15) is 6.42 Å². The van der Waals surface area contributed by atoms with Crippen molar-refractivity contribution in [1.29, 1.82) is 0 Å². The minimum absolute atomic E-state index is 1.03. The standard InChI is InChI=1S/C10H22INSi2/c1-13(2,3)12(14(4,5)6)10-8-7-9-11/h8,10H2,1-6H3. The van der Waals surface area contributed by atoms with E-state index in [0.29, 0.717) is 0 Å². The van der Waals surface area contributed by atoms with Gasteiger partial charge in [0.05, 0.1) is 0 Å². The molecule has 0 amide bonds. The highest BCUT2D eigenvalue weighted by molar-refractivity contribution is 14.1. The molecule has 0 aromatic rings. The van der Waals surface area contributed by atoms with E-state index in [-0.39, 0.29) is 0 Å². The molecule has 0 saturated heterocycles. The highest BCUT2D eigenvalue weighted by Crippen LogP contribution is 2.19. The van der Waals surface area contributed by atoms with Gasteiger partial charge in [-0.05, 0) is 10.5 Å². The Hall–Kier alpha value is 0.684. The second-order valence-electron chi connectivity index (χ2n) is 5.51. The predicted molar refractivity (Wildman–Crippen MR) is 79.8 cm³/mol. The monoisotopic (exact) mass is 339 g/mol. The highest BCUT2D eigenvalue weighted by atomic mass is 127. The van der Waals surface area contributed by atoms with Crippen molar-refractivity contribution >= 4 is 39.1 Å². The van der Waals surface area contributed by atoms with Crippen molar-refractivity contribution in [2.45, 2.75) is 45.7 Å². The van der Waals surface area contributed by atoms with Crippen LogP contribution in [-0.4, -0.2) is 27.2 Å². The Morgan fingerprint density at radius 3 is 1.71 bits per heavy atom. The lowest BCUT2D eigenvalue weighted by atomic mass is 10.5. The molecule has 0 aromatic carbocycles. The van der Waals surface area contributed by atoms with Gasteiger partial charge in [0.1, 0.15) is 16.5 Å². The average molecular weight is 339 g/mol. The van der Waals surface area contributed by atoms with Gasteiger partial charge in [0.25, 0.3) is 0 Å². The van der Waals surface area contributed by atoms with Crippen molar-refractivity contribution in [2.24, 2.45) is 0 Å². The van der Waals surface area contributed by atoms with Gasteiger partial charge in [0.2, 0.25) is 0 Å². The topological polar surface area (TPSA) is 3.24 Å². The molecule has 0 rings (SSSR count). The van der Waals surface area contributed by atoms with Crippen LogP contribution in [0.15, 0.2) is 0 Å². The van der Waals surface area contributed by atoms with Crippen LogP contribution in [0.25, 0.3) is 0 Å². The van der Waals surface area contributed by atoms with E-state index in [0.717, 1.165) is 6.42 Å². The van der Waals surface area contributed by atoms with E-state index in [2.05, 4.69) is 76.0 Å². The molecule has 0 saturated carbocycles. The Bertz CT molecular complexity index is 215. The Labute approximate surface area is 105 Å². The number of rotatable bonds is 4. The molecule has 0 atom stereocenters. The summed E-state index contributed by atoms with van der Waals surface area (Å²) in [7, 11) is -2.29. The summed E-state index contributed by atoms with van der Waals surface area (Å²) >= 11 is 2.12. The molecule has 82 valence electrons. The van der Waals surface area contributed by atoms with E-state index < -0.39 is 16.5 Å². The molecule has 0 aliphatic carbocycles. The molecule has 0 bridgehead atoms. The maximum Gasteiger partial charge on any atom is 0.112 e. The van der Waals surface area contributed by atoms with Crippen LogP contribution in [0, 0.1) is 9.85 Å². The number of halogens is 1. The van der Waals surface area contributed by atoms with E-state index in [4.69, 9.17) is 0 Å². The van der Waals surface area contributed by atoms with Crippen molar-refractivity contribution in [3.8, 4) is 9.85 Å². The van der Waals surface area contributed by atoms with Crippen LogP contribution >= 0.6 is 22.6 Å². The van der Waals surface area contributed by atoms with Crippen molar-refractivity contribution in [1.82, 2.24) is 4.23 Å². The first kappa shape index (κ1) is 14.7. The Morgan fingerprint density at radius 1 is 1.00 bits per heavy atom. The van der Waals surface area contributed by atoms with Gasteiger partial charge in [0, 0.05) is 29.0 Å². The van der Waals surface area contributed by atoms with E-state index in [9.17, 15) is 0 Å². The predicted octanol–water partition coefficient (Wildman–Crippen LogP) is 3.74. The normalized spacial score (nSPS) is 12.6. The lowest BCUT2D eigenvalue weighted by Crippen LogP contribution is -2.59. The zero-order valence-corrected chi connectivity index (χ0v) is 14.4. The molecule has 0 unspecified atom stereocenters. The second kappa shape index (κ2) is 5.68. The van der Waals surface area contributed by atoms with Crippen molar-refractivity contribution < 1.29 is 0 Å². The lowest BCUT2D eigenvalue weighted by Gasteiger charge is -2.43. The van der Waals surface area contributed by atoms with E-state index in [1.54, 1.807) is 0 Å². The average Bonchev–Trinajstić information content (AvgIpc) is 1.92. The zero-order valence-electron chi connectivity index (χ0n) is 10.2. The molecule has 0 N–H and O–H groups in total. The van der Waals surface area contributed by atoms with Crippen LogP contribution in [-0.2, 0) is 0 Å². The van der Waals surface area contributed by atoms with Crippen LogP contribution in [0.2, 0.25) is 39.3 Å². The summed E-state index contributed by atoms with van der Waals surface area (Å²) in [5.74, 6) is 3.16. The maximum absolute atomic E-state index is 3.16. The van der Waals surface area contributed by atoms with Crippen LogP contribution < -0.4 is 0 Å². The third-order valence-corrected chi connectivity index (χ3v) is 10.2. The van der Waals surface area contributed by atoms with Gasteiger partial charge in [-0.2, -0.15) is 0 Å². The largest absolute Gasteiger partial charge is 0.345 e. The summed E-state index contributed by atoms with van der Waals surface area (Å²) in [6.45, 7) is 15.8. The fourth-order valence-electron chi connectivity index (χ4n) is 1.89. The molecule has 0 aliphatic rings. The third-order valence-electron chi connectivity index (χ3n) is 2.15. The summed E-state index contributed by atoms with van der Waals surface area (Å²) in [4.78, 5) is 0. The second-order valence-corrected chi connectivity index (χ2v) is 16.3. The summed E-state index contributed by atoms with van der Waals surface area (Å²) in [6.07, 6.45) is 1.03. The van der Waals surface area contributed by atoms with Crippen molar-refractivity contribution in [3.63, 3.8) is 0 Å². The summed E-state index contributed by atoms with van der Waals surface area (Å²) in [5, 5.41) is 0. The van der Waals surface area contributed by atoms with Gasteiger partial charge in [-0.15, -0.1) is 0 Å². The number of nitrogens with zero attached hydrogens (tertiary/aromatic N) is 1. The Morgan fingerprint density at radius 2 is 1.43 bits per heavy atom. The molecule has 0 fully saturated rings. The van der Waals surface area contributed by atoms with Gasteiger partial charge in [0.15, 0.2) is 0 Å². The van der Waals surface area contributed by atoms with Gasteiger partial charge >= 0.3 is 0 Å². The minimum Gasteiger partial charge on any atom is -0.345 e. The van der Waals surface area contributed by atoms with Crippen LogP contribution in [0.3, 0.4) is 0 Å². The van der Waals surface area contributed by atoms with Gasteiger partial charge < -0.3 is 4.23 Å². The molecular weight excluding hydrogens is 317 g/mol. The number of hydrogen-bond donors (Lipinski definition) is 0. The molecule has 0 aromatic heterocycles. The zero-order chi connectivity index (χ0) is 11.4. The molecule has 0 spiro atoms. The maximum atomic E-state index is 3.16. The first-order chi connectivity index (χ1) is 6.19. The van der Waals surface area contributed by atoms with Gasteiger partial charge in [-0.25, -0.2) is 0 Å². The fraction of sp³-hybridized carbons (Fsp3) is 0.800. The van der Waals surface area contributed by atoms with Gasteiger partial charge in [-0.3, -0.25) is 0 Å². The summed E-state index contributed by atoms with van der Waals surface area (Å²) in [5.41, 5.74) is 0. The van der Waals surface area contributed by atoms with Crippen molar-refractivity contribution in [3.05, 3.63) is 0 Å². The molecule has 0 heterocycles. The SMILES string of the molecule is C[Si](C)(C)N(CCC#CI)[Si](C)(C)C. The Balaban J connectivity index is 4.48. The highest BCUT2D eigenvalue weighted by Gasteiger charge is 2.33. The quantitative estimate of drug-likeness (QED) is 0.428. The molecule has 0 aliphatic heterocycles. The first-order valence-electron chi connectivity index (χ1n) is 5.06. The van der Waals surface area contributed by atoms with E-state index >= 15 is 0 Å². The first-order valence-corrected chi connectivity index (χ1v) is 13.0. The van der Waals surface area contributed by atoms with Crippen LogP contribution in [0.4, 0.5) is 0 Å². The summed E-state index contributed by atoms with van der Waals surface area (Å²) < 4.78 is 5.73. The van der Waals surface area contributed by atoms with Crippen molar-refractivity contribution in [2.75, 3.05) is 6.54 Å². The van der Waals surface area contributed by atoms with E-state index in [1.807, 2.05) is 0 Å². The van der Waals surface area contributed by atoms with Gasteiger partial charge in [-0.1, -0.05) is 45.2 Å². The molecule has 14 heavy (non-hydrogen) atoms. The third kappa shape index (κ3) is 5.54. The molecule has 0 radical (unpaired) electrons. The van der Waals surface area contributed by atoms with Crippen LogP contribution in [0.5, 0.6) is 0 Å². The Kier molecular flexibility index (Phi) is 5.96. The minimum atomic E-state index is -1.15.